The summed E-state index contributed by atoms with van der Waals surface area (Å²) in [6, 6.07) is 16.1. The number of anilines is 1. The van der Waals surface area contributed by atoms with Crippen molar-refractivity contribution in [3.05, 3.63) is 92.1 Å². The number of rotatable bonds is 5. The number of nitrogens with zero attached hydrogens (tertiary/aromatic N) is 1. The molecular weight excluding hydrogens is 451 g/mol. The van der Waals surface area contributed by atoms with Crippen LogP contribution in [0.25, 0.3) is 11.3 Å². The van der Waals surface area contributed by atoms with Gasteiger partial charge in [-0.1, -0.05) is 53.0 Å². The average Bonchev–Trinajstić information content (AvgIpc) is 3.35. The summed E-state index contributed by atoms with van der Waals surface area (Å²) in [7, 11) is 0. The maximum atomic E-state index is 12.5. The number of hydrogen-bond acceptors (Lipinski definition) is 4. The summed E-state index contributed by atoms with van der Waals surface area (Å²) in [6.07, 6.45) is 2.37. The van der Waals surface area contributed by atoms with E-state index in [0.29, 0.717) is 32.4 Å². The van der Waals surface area contributed by atoms with Crippen molar-refractivity contribution in [1.29, 1.82) is 0 Å². The highest BCUT2D eigenvalue weighted by atomic mass is 35.5. The maximum absolute atomic E-state index is 12.5. The smallest absolute Gasteiger partial charge is 0.293 e. The van der Waals surface area contributed by atoms with Crippen molar-refractivity contribution in [2.45, 2.75) is 6.42 Å². The van der Waals surface area contributed by atoms with Gasteiger partial charge in [-0.05, 0) is 42.0 Å². The summed E-state index contributed by atoms with van der Waals surface area (Å²) in [5.74, 6) is 0.395. The Balaban J connectivity index is 1.43. The average molecular weight is 464 g/mol. The molecule has 2 heterocycles. The monoisotopic (exact) mass is 462 g/mol. The molecule has 0 bridgehead atoms. The molecule has 0 aliphatic heterocycles. The van der Waals surface area contributed by atoms with Gasteiger partial charge in [-0.25, -0.2) is 4.98 Å². The molecule has 0 saturated carbocycles. The predicted molar refractivity (Wildman–Crippen MR) is 118 cm³/mol. The molecule has 0 spiro atoms. The standard InChI is InChI=1S/C21H13Cl3N2O2S/c22-14-3-1-2-13(10-14)18-6-7-19(28-18)20(27)26-21-25-11-15(29-21)8-12-4-5-16(23)17(24)9-12/h1-7,9-11H,8H2,(H,25,26,27). The number of aromatic nitrogens is 1. The molecule has 1 amide bonds. The quantitative estimate of drug-likeness (QED) is 0.340. The Morgan fingerprint density at radius 1 is 1.03 bits per heavy atom. The summed E-state index contributed by atoms with van der Waals surface area (Å²) < 4.78 is 5.66. The van der Waals surface area contributed by atoms with Crippen LogP contribution in [0.2, 0.25) is 15.1 Å². The molecule has 0 saturated heterocycles. The molecule has 0 fully saturated rings. The lowest BCUT2D eigenvalue weighted by Crippen LogP contribution is -2.10. The van der Waals surface area contributed by atoms with Crippen LogP contribution in [0.3, 0.4) is 0 Å². The van der Waals surface area contributed by atoms with E-state index in [-0.39, 0.29) is 11.7 Å². The van der Waals surface area contributed by atoms with Gasteiger partial charge in [-0.15, -0.1) is 11.3 Å². The predicted octanol–water partition coefficient (Wildman–Crippen LogP) is 7.21. The highest BCUT2D eigenvalue weighted by molar-refractivity contribution is 7.15. The lowest BCUT2D eigenvalue weighted by atomic mass is 10.1. The number of benzene rings is 2. The fourth-order valence-electron chi connectivity index (χ4n) is 2.71. The number of nitrogens with one attached hydrogen (secondary N) is 1. The molecule has 0 unspecified atom stereocenters. The molecule has 2 aromatic carbocycles. The van der Waals surface area contributed by atoms with Crippen LogP contribution in [-0.4, -0.2) is 10.9 Å². The van der Waals surface area contributed by atoms with Gasteiger partial charge in [0.25, 0.3) is 5.91 Å². The summed E-state index contributed by atoms with van der Waals surface area (Å²) in [5, 5.41) is 4.88. The zero-order valence-corrected chi connectivity index (χ0v) is 17.9. The Labute approximate surface area is 186 Å². The van der Waals surface area contributed by atoms with Crippen LogP contribution < -0.4 is 5.32 Å². The van der Waals surface area contributed by atoms with Crippen LogP contribution >= 0.6 is 46.1 Å². The lowest BCUT2D eigenvalue weighted by Gasteiger charge is -2.01. The third kappa shape index (κ3) is 4.82. The van der Waals surface area contributed by atoms with Gasteiger partial charge in [0.05, 0.1) is 10.0 Å². The van der Waals surface area contributed by atoms with Gasteiger partial charge >= 0.3 is 0 Å². The van der Waals surface area contributed by atoms with Crippen LogP contribution in [0.4, 0.5) is 5.13 Å². The number of carbonyl (C=O) groups is 1. The van der Waals surface area contributed by atoms with Crippen molar-refractivity contribution in [3.63, 3.8) is 0 Å². The topological polar surface area (TPSA) is 55.1 Å². The number of amides is 1. The molecule has 0 atom stereocenters. The normalized spacial score (nSPS) is 10.9. The molecule has 146 valence electrons. The van der Waals surface area contributed by atoms with E-state index in [4.69, 9.17) is 39.2 Å². The van der Waals surface area contributed by atoms with Gasteiger partial charge in [-0.3, -0.25) is 10.1 Å². The lowest BCUT2D eigenvalue weighted by molar-refractivity contribution is 0.0997. The van der Waals surface area contributed by atoms with Gasteiger partial charge in [0, 0.05) is 28.1 Å². The summed E-state index contributed by atoms with van der Waals surface area (Å²) in [6.45, 7) is 0. The van der Waals surface area contributed by atoms with E-state index in [9.17, 15) is 4.79 Å². The van der Waals surface area contributed by atoms with E-state index in [1.165, 1.54) is 11.3 Å². The molecular formula is C21H13Cl3N2O2S. The van der Waals surface area contributed by atoms with E-state index >= 15 is 0 Å². The van der Waals surface area contributed by atoms with Crippen LogP contribution in [0.1, 0.15) is 21.0 Å². The minimum atomic E-state index is -0.367. The Bertz CT molecular complexity index is 1190. The minimum Gasteiger partial charge on any atom is -0.451 e. The second-order valence-electron chi connectivity index (χ2n) is 6.19. The third-order valence-electron chi connectivity index (χ3n) is 4.08. The number of thiazole rings is 1. The number of halogens is 3. The molecule has 0 radical (unpaired) electrons. The van der Waals surface area contributed by atoms with Crippen molar-refractivity contribution in [2.24, 2.45) is 0 Å². The van der Waals surface area contributed by atoms with Gasteiger partial charge in [0.15, 0.2) is 10.9 Å². The first kappa shape index (κ1) is 20.0. The van der Waals surface area contributed by atoms with E-state index in [2.05, 4.69) is 10.3 Å². The van der Waals surface area contributed by atoms with Gasteiger partial charge in [0.1, 0.15) is 5.76 Å². The van der Waals surface area contributed by atoms with Crippen molar-refractivity contribution in [1.82, 2.24) is 4.98 Å². The first-order valence-electron chi connectivity index (χ1n) is 8.54. The van der Waals surface area contributed by atoms with E-state index < -0.39 is 0 Å². The largest absolute Gasteiger partial charge is 0.451 e. The zero-order valence-electron chi connectivity index (χ0n) is 14.8. The van der Waals surface area contributed by atoms with Crippen molar-refractivity contribution in [3.8, 4) is 11.3 Å². The van der Waals surface area contributed by atoms with Gasteiger partial charge < -0.3 is 4.42 Å². The highest BCUT2D eigenvalue weighted by Crippen LogP contribution is 2.28. The molecule has 8 heteroatoms. The summed E-state index contributed by atoms with van der Waals surface area (Å²) >= 11 is 19.4. The first-order chi connectivity index (χ1) is 14.0. The zero-order chi connectivity index (χ0) is 20.4. The van der Waals surface area contributed by atoms with Crippen LogP contribution in [0.5, 0.6) is 0 Å². The molecule has 4 aromatic rings. The highest BCUT2D eigenvalue weighted by Gasteiger charge is 2.15. The first-order valence-corrected chi connectivity index (χ1v) is 10.5. The summed E-state index contributed by atoms with van der Waals surface area (Å²) in [5.41, 5.74) is 1.81. The Morgan fingerprint density at radius 2 is 1.90 bits per heavy atom. The fourth-order valence-corrected chi connectivity index (χ4v) is 4.07. The molecule has 0 aliphatic carbocycles. The summed E-state index contributed by atoms with van der Waals surface area (Å²) in [4.78, 5) is 17.7. The Hall–Kier alpha value is -2.31. The fraction of sp³-hybridized carbons (Fsp3) is 0.0476. The van der Waals surface area contributed by atoms with Crippen LogP contribution in [-0.2, 0) is 6.42 Å². The molecule has 0 aliphatic rings. The molecule has 29 heavy (non-hydrogen) atoms. The number of hydrogen-bond donors (Lipinski definition) is 1. The maximum Gasteiger partial charge on any atom is 0.293 e. The van der Waals surface area contributed by atoms with E-state index in [1.807, 2.05) is 24.3 Å². The molecule has 1 N–H and O–H groups in total. The minimum absolute atomic E-state index is 0.196. The van der Waals surface area contributed by atoms with Crippen LogP contribution in [0.15, 0.2) is 65.2 Å². The molecule has 4 rings (SSSR count). The van der Waals surface area contributed by atoms with Gasteiger partial charge in [-0.2, -0.15) is 0 Å². The second kappa shape index (κ2) is 8.59. The number of carbonyl (C=O) groups excluding carboxylic acids is 1. The van der Waals surface area contributed by atoms with Gasteiger partial charge in [0.2, 0.25) is 0 Å². The second-order valence-corrected chi connectivity index (χ2v) is 8.55. The SMILES string of the molecule is O=C(Nc1ncc(Cc2ccc(Cl)c(Cl)c2)s1)c1ccc(-c2cccc(Cl)c2)o1. The molecule has 2 aromatic heterocycles. The van der Waals surface area contributed by atoms with Crippen molar-refractivity contribution in [2.75, 3.05) is 5.32 Å². The van der Waals surface area contributed by atoms with E-state index in [1.54, 1.807) is 36.5 Å². The van der Waals surface area contributed by atoms with Crippen molar-refractivity contribution < 1.29 is 9.21 Å². The number of furan rings is 1. The van der Waals surface area contributed by atoms with Crippen molar-refractivity contribution >= 4 is 57.2 Å². The van der Waals surface area contributed by atoms with E-state index in [0.717, 1.165) is 16.0 Å². The Morgan fingerprint density at radius 3 is 2.69 bits per heavy atom. The molecule has 4 nitrogen and oxygen atoms in total. The Kier molecular flexibility index (Phi) is 5.92. The van der Waals surface area contributed by atoms with Crippen LogP contribution in [0, 0.1) is 0 Å². The third-order valence-corrected chi connectivity index (χ3v) is 5.96.